The number of carboxylic acid groups (broad SMARTS) is 1. The zero-order valence-electron chi connectivity index (χ0n) is 22.7. The van der Waals surface area contributed by atoms with Crippen LogP contribution in [0.25, 0.3) is 0 Å². The molecule has 0 aromatic heterocycles. The smallest absolute Gasteiger partial charge is 0.313 e. The minimum absolute atomic E-state index is 0.0612. The van der Waals surface area contributed by atoms with Crippen molar-refractivity contribution in [1.29, 1.82) is 0 Å². The number of hydrogen-bond acceptors (Lipinski definition) is 4. The number of Topliss-reactive ketones (excluding diaryl/α,β-unsaturated/α-hetero) is 1. The fourth-order valence-corrected chi connectivity index (χ4v) is 9.02. The largest absolute Gasteiger partial charge is 0.481 e. The number of hydrogen-bond donors (Lipinski definition) is 3. The van der Waals surface area contributed by atoms with Gasteiger partial charge in [-0.15, -0.1) is 0 Å². The van der Waals surface area contributed by atoms with Crippen LogP contribution in [-0.4, -0.2) is 39.3 Å². The van der Waals surface area contributed by atoms with Gasteiger partial charge in [0.05, 0.1) is 17.6 Å². The van der Waals surface area contributed by atoms with E-state index in [-0.39, 0.29) is 39.3 Å². The summed E-state index contributed by atoms with van der Waals surface area (Å²) in [4.78, 5) is 24.4. The molecule has 0 spiro atoms. The van der Waals surface area contributed by atoms with Crippen LogP contribution < -0.4 is 0 Å². The Bertz CT molecular complexity index is 964. The highest BCUT2D eigenvalue weighted by molar-refractivity contribution is 5.79. The molecule has 9 atom stereocenters. The summed E-state index contributed by atoms with van der Waals surface area (Å²) in [5, 5.41) is 32.0. The van der Waals surface area contributed by atoms with Gasteiger partial charge in [-0.05, 0) is 90.9 Å². The summed E-state index contributed by atoms with van der Waals surface area (Å²) < 4.78 is 0. The second kappa shape index (κ2) is 8.28. The standard InChI is InChI=1S/C30H46O5/c1-18(19(2)31)10-13-30(25(34)35)15-14-28(6)20(16-30)8-9-23-27(5)17-21(32)24(33)26(3,4)22(27)11-12-29(23,28)7/h8-9,16,18,21-24,32-33H,10-15,17H2,1-7H3,(H,34,35)/t18-,21-,22+,23-,24-,27+,28-,29-,30+/m1/s1. The molecule has 0 saturated heterocycles. The van der Waals surface area contributed by atoms with Crippen LogP contribution in [0.15, 0.2) is 23.8 Å². The normalized spacial score (nSPS) is 47.1. The molecular weight excluding hydrogens is 440 g/mol. The summed E-state index contributed by atoms with van der Waals surface area (Å²) in [5.74, 6) is -0.259. The van der Waals surface area contributed by atoms with E-state index in [1.165, 1.54) is 0 Å². The topological polar surface area (TPSA) is 94.8 Å². The molecule has 0 aromatic rings. The predicted octanol–water partition coefficient (Wildman–Crippen LogP) is 5.55. The van der Waals surface area contributed by atoms with Crippen molar-refractivity contribution in [2.24, 2.45) is 44.8 Å². The monoisotopic (exact) mass is 486 g/mol. The molecular formula is C30H46O5. The number of ketones is 1. The lowest BCUT2D eigenvalue weighted by Gasteiger charge is -2.69. The summed E-state index contributed by atoms with van der Waals surface area (Å²) in [5.41, 5.74) is -0.529. The lowest BCUT2D eigenvalue weighted by molar-refractivity contribution is -0.216. The van der Waals surface area contributed by atoms with Crippen molar-refractivity contribution < 1.29 is 24.9 Å². The van der Waals surface area contributed by atoms with Gasteiger partial charge in [0.15, 0.2) is 0 Å². The van der Waals surface area contributed by atoms with E-state index in [1.807, 2.05) is 13.0 Å². The van der Waals surface area contributed by atoms with E-state index in [1.54, 1.807) is 6.92 Å². The number of allylic oxidation sites excluding steroid dienone is 3. The van der Waals surface area contributed by atoms with Gasteiger partial charge in [0, 0.05) is 5.92 Å². The molecule has 0 amide bonds. The summed E-state index contributed by atoms with van der Waals surface area (Å²) in [6.07, 6.45) is 10.1. The summed E-state index contributed by atoms with van der Waals surface area (Å²) in [6, 6.07) is 0. The van der Waals surface area contributed by atoms with Gasteiger partial charge in [-0.1, -0.05) is 59.8 Å². The van der Waals surface area contributed by atoms with E-state index in [9.17, 15) is 24.9 Å². The van der Waals surface area contributed by atoms with Gasteiger partial charge in [0.1, 0.15) is 5.78 Å². The lowest BCUT2D eigenvalue weighted by atomic mass is 9.36. The van der Waals surface area contributed by atoms with Crippen molar-refractivity contribution in [2.75, 3.05) is 0 Å². The molecule has 2 saturated carbocycles. The molecule has 0 aliphatic heterocycles. The Hall–Kier alpha value is -1.46. The summed E-state index contributed by atoms with van der Waals surface area (Å²) >= 11 is 0. The van der Waals surface area contributed by atoms with Crippen LogP contribution in [0.2, 0.25) is 0 Å². The molecule has 3 N–H and O–H groups in total. The Morgan fingerprint density at radius 2 is 1.74 bits per heavy atom. The molecule has 35 heavy (non-hydrogen) atoms. The average Bonchev–Trinajstić information content (AvgIpc) is 2.76. The number of aliphatic carboxylic acids is 1. The fourth-order valence-electron chi connectivity index (χ4n) is 9.02. The Labute approximate surface area is 211 Å². The van der Waals surface area contributed by atoms with Crippen molar-refractivity contribution in [3.05, 3.63) is 23.8 Å². The fraction of sp³-hybridized carbons (Fsp3) is 0.800. The van der Waals surface area contributed by atoms with Gasteiger partial charge in [-0.3, -0.25) is 9.59 Å². The quantitative estimate of drug-likeness (QED) is 0.474. The number of rotatable bonds is 5. The van der Waals surface area contributed by atoms with Gasteiger partial charge in [-0.25, -0.2) is 0 Å². The first-order chi connectivity index (χ1) is 16.0. The Kier molecular flexibility index (Phi) is 6.29. The molecule has 0 unspecified atom stereocenters. The van der Waals surface area contributed by atoms with E-state index in [0.29, 0.717) is 31.6 Å². The molecule has 0 bridgehead atoms. The van der Waals surface area contributed by atoms with Crippen LogP contribution in [0.3, 0.4) is 0 Å². The van der Waals surface area contributed by atoms with Crippen molar-refractivity contribution in [2.45, 2.75) is 106 Å². The van der Waals surface area contributed by atoms with Crippen molar-refractivity contribution in [1.82, 2.24) is 0 Å². The number of carbonyl (C=O) groups excluding carboxylic acids is 1. The first kappa shape index (κ1) is 26.6. The van der Waals surface area contributed by atoms with Crippen LogP contribution in [0.5, 0.6) is 0 Å². The van der Waals surface area contributed by atoms with Gasteiger partial charge < -0.3 is 15.3 Å². The van der Waals surface area contributed by atoms with Crippen LogP contribution >= 0.6 is 0 Å². The second-order valence-corrected chi connectivity index (χ2v) is 13.8. The maximum atomic E-state index is 12.6. The molecule has 5 heteroatoms. The van der Waals surface area contributed by atoms with Crippen LogP contribution in [0.1, 0.15) is 93.4 Å². The number of fused-ring (bicyclic) bond motifs is 5. The molecule has 0 heterocycles. The Morgan fingerprint density at radius 1 is 1.09 bits per heavy atom. The third-order valence-corrected chi connectivity index (χ3v) is 11.8. The lowest BCUT2D eigenvalue weighted by Crippen LogP contribution is -2.65. The molecule has 2 fully saturated rings. The van der Waals surface area contributed by atoms with Gasteiger partial charge in [0.2, 0.25) is 0 Å². The first-order valence-corrected chi connectivity index (χ1v) is 13.6. The van der Waals surface area contributed by atoms with Crippen LogP contribution in [0, 0.1) is 44.8 Å². The minimum Gasteiger partial charge on any atom is -0.481 e. The highest BCUT2D eigenvalue weighted by Crippen LogP contribution is 2.72. The Morgan fingerprint density at radius 3 is 2.34 bits per heavy atom. The van der Waals surface area contributed by atoms with E-state index in [2.05, 4.69) is 46.8 Å². The van der Waals surface area contributed by atoms with Crippen molar-refractivity contribution in [3.63, 3.8) is 0 Å². The molecule has 4 rings (SSSR count). The van der Waals surface area contributed by atoms with Crippen molar-refractivity contribution >= 4 is 11.8 Å². The first-order valence-electron chi connectivity index (χ1n) is 13.6. The molecule has 0 aromatic carbocycles. The molecule has 196 valence electrons. The highest BCUT2D eigenvalue weighted by Gasteiger charge is 2.67. The average molecular weight is 487 g/mol. The zero-order chi connectivity index (χ0) is 26.2. The minimum atomic E-state index is -0.930. The summed E-state index contributed by atoms with van der Waals surface area (Å²) in [6.45, 7) is 14.7. The van der Waals surface area contributed by atoms with E-state index >= 15 is 0 Å². The highest BCUT2D eigenvalue weighted by atomic mass is 16.4. The number of carboxylic acids is 1. The molecule has 4 aliphatic rings. The maximum absolute atomic E-state index is 12.6. The number of carbonyl (C=O) groups is 2. The zero-order valence-corrected chi connectivity index (χ0v) is 22.7. The predicted molar refractivity (Wildman–Crippen MR) is 137 cm³/mol. The summed E-state index contributed by atoms with van der Waals surface area (Å²) in [7, 11) is 0. The number of aliphatic hydroxyl groups is 2. The third kappa shape index (κ3) is 3.62. The maximum Gasteiger partial charge on any atom is 0.313 e. The van der Waals surface area contributed by atoms with E-state index in [4.69, 9.17) is 0 Å². The second-order valence-electron chi connectivity index (χ2n) is 13.8. The van der Waals surface area contributed by atoms with Gasteiger partial charge >= 0.3 is 5.97 Å². The molecule has 4 aliphatic carbocycles. The van der Waals surface area contributed by atoms with Crippen molar-refractivity contribution in [3.8, 4) is 0 Å². The van der Waals surface area contributed by atoms with Crippen LogP contribution in [-0.2, 0) is 9.59 Å². The molecule has 0 radical (unpaired) electrons. The number of aliphatic hydroxyl groups excluding tert-OH is 2. The van der Waals surface area contributed by atoms with E-state index in [0.717, 1.165) is 24.8 Å². The molecule has 5 nitrogen and oxygen atoms in total. The Balaban J connectivity index is 1.75. The SMILES string of the molecule is CC(=O)[C@H](C)CC[C@@]1(C(=O)O)C=C2C=C[C@@H]3[C@@]4(C)C[C@@H](O)[C@@H](O)C(C)(C)[C@@H]4CC[C@@]3(C)[C@]2(C)CC1. The van der Waals surface area contributed by atoms with Gasteiger partial charge in [-0.2, -0.15) is 0 Å². The van der Waals surface area contributed by atoms with E-state index < -0.39 is 23.6 Å². The van der Waals surface area contributed by atoms with Crippen LogP contribution in [0.4, 0.5) is 0 Å². The van der Waals surface area contributed by atoms with Gasteiger partial charge in [0.25, 0.3) is 0 Å². The third-order valence-electron chi connectivity index (χ3n) is 11.8.